The summed E-state index contributed by atoms with van der Waals surface area (Å²) in [6.07, 6.45) is 3.28. The zero-order valence-corrected chi connectivity index (χ0v) is 8.54. The fraction of sp³-hybridized carbons (Fsp3) is 0.417. The van der Waals surface area contributed by atoms with Crippen molar-refractivity contribution in [1.82, 2.24) is 0 Å². The summed E-state index contributed by atoms with van der Waals surface area (Å²) in [7, 11) is 0. The van der Waals surface area contributed by atoms with Crippen molar-refractivity contribution in [1.29, 1.82) is 0 Å². The molecule has 2 nitrogen and oxygen atoms in total. The molecule has 1 aromatic carbocycles. The SMILES string of the molecule is CC(C)c1ccc2c(c1)[C]CC(O)N2. The summed E-state index contributed by atoms with van der Waals surface area (Å²) in [5.74, 6) is 0.536. The third-order valence-corrected chi connectivity index (χ3v) is 2.52. The van der Waals surface area contributed by atoms with Gasteiger partial charge in [-0.15, -0.1) is 0 Å². The average molecular weight is 189 g/mol. The molecule has 0 aromatic heterocycles. The van der Waals surface area contributed by atoms with E-state index in [1.165, 1.54) is 5.56 Å². The Morgan fingerprint density at radius 1 is 1.50 bits per heavy atom. The molecule has 0 aliphatic carbocycles. The van der Waals surface area contributed by atoms with E-state index in [1.54, 1.807) is 0 Å². The van der Waals surface area contributed by atoms with Gasteiger partial charge >= 0.3 is 0 Å². The molecule has 2 N–H and O–H groups in total. The molecule has 1 aromatic rings. The zero-order chi connectivity index (χ0) is 10.1. The van der Waals surface area contributed by atoms with Crippen LogP contribution in [0, 0.1) is 6.42 Å². The summed E-state index contributed by atoms with van der Waals surface area (Å²) >= 11 is 0. The topological polar surface area (TPSA) is 32.3 Å². The molecule has 0 spiro atoms. The van der Waals surface area contributed by atoms with Crippen LogP contribution in [0.5, 0.6) is 0 Å². The zero-order valence-electron chi connectivity index (χ0n) is 8.54. The first-order valence-corrected chi connectivity index (χ1v) is 4.99. The maximum atomic E-state index is 9.36. The normalized spacial score (nSPS) is 20.4. The highest BCUT2D eigenvalue weighted by molar-refractivity contribution is 5.58. The highest BCUT2D eigenvalue weighted by Crippen LogP contribution is 2.28. The number of nitrogens with one attached hydrogen (secondary N) is 1. The summed E-state index contributed by atoms with van der Waals surface area (Å²) in [6, 6.07) is 6.25. The molecule has 1 heterocycles. The Hall–Kier alpha value is -1.02. The molecule has 1 aliphatic rings. The van der Waals surface area contributed by atoms with Crippen molar-refractivity contribution < 1.29 is 5.11 Å². The summed E-state index contributed by atoms with van der Waals surface area (Å²) in [5.41, 5.74) is 3.38. The van der Waals surface area contributed by atoms with Crippen molar-refractivity contribution in [3.8, 4) is 0 Å². The van der Waals surface area contributed by atoms with Crippen LogP contribution in [0.4, 0.5) is 5.69 Å². The van der Waals surface area contributed by atoms with Gasteiger partial charge < -0.3 is 10.4 Å². The fourth-order valence-electron chi connectivity index (χ4n) is 1.63. The van der Waals surface area contributed by atoms with E-state index in [0.717, 1.165) is 11.3 Å². The van der Waals surface area contributed by atoms with Crippen molar-refractivity contribution in [2.24, 2.45) is 0 Å². The van der Waals surface area contributed by atoms with Gasteiger partial charge in [0.15, 0.2) is 0 Å². The van der Waals surface area contributed by atoms with Gasteiger partial charge in [-0.2, -0.15) is 0 Å². The lowest BCUT2D eigenvalue weighted by Gasteiger charge is -2.23. The molecule has 2 heteroatoms. The summed E-state index contributed by atoms with van der Waals surface area (Å²) in [5, 5.41) is 12.4. The van der Waals surface area contributed by atoms with Crippen molar-refractivity contribution in [2.45, 2.75) is 32.4 Å². The van der Waals surface area contributed by atoms with E-state index in [9.17, 15) is 5.11 Å². The van der Waals surface area contributed by atoms with Gasteiger partial charge in [-0.05, 0) is 23.1 Å². The maximum Gasteiger partial charge on any atom is 0.125 e. The molecule has 2 radical (unpaired) electrons. The second kappa shape index (κ2) is 3.62. The van der Waals surface area contributed by atoms with Gasteiger partial charge in [0.2, 0.25) is 0 Å². The summed E-state index contributed by atoms with van der Waals surface area (Å²) in [4.78, 5) is 0. The molecule has 1 unspecified atom stereocenters. The molecule has 14 heavy (non-hydrogen) atoms. The van der Waals surface area contributed by atoms with Crippen LogP contribution < -0.4 is 5.32 Å². The number of anilines is 1. The Morgan fingerprint density at radius 2 is 2.29 bits per heavy atom. The number of hydrogen-bond acceptors (Lipinski definition) is 2. The maximum absolute atomic E-state index is 9.36. The van der Waals surface area contributed by atoms with Crippen molar-refractivity contribution >= 4 is 5.69 Å². The number of benzene rings is 1. The lowest BCUT2D eigenvalue weighted by molar-refractivity contribution is 0.201. The molecular formula is C12H15NO. The standard InChI is InChI=1S/C12H15NO/c1-8(2)9-3-5-11-10(7-9)4-6-12(14)13-11/h3,5,7-8,12-14H,6H2,1-2H3. The van der Waals surface area contributed by atoms with Gasteiger partial charge in [0.1, 0.15) is 6.23 Å². The van der Waals surface area contributed by atoms with Crippen LogP contribution in [0.15, 0.2) is 18.2 Å². The first kappa shape index (κ1) is 9.53. The molecule has 74 valence electrons. The van der Waals surface area contributed by atoms with Crippen LogP contribution in [0.25, 0.3) is 0 Å². The van der Waals surface area contributed by atoms with E-state index in [-0.39, 0.29) is 0 Å². The summed E-state index contributed by atoms with van der Waals surface area (Å²) in [6.45, 7) is 4.35. The second-order valence-electron chi connectivity index (χ2n) is 4.00. The molecule has 0 saturated heterocycles. The minimum Gasteiger partial charge on any atom is -0.374 e. The Labute approximate surface area is 85.0 Å². The van der Waals surface area contributed by atoms with Crippen LogP contribution in [-0.2, 0) is 0 Å². The Morgan fingerprint density at radius 3 is 3.00 bits per heavy atom. The lowest BCUT2D eigenvalue weighted by atomic mass is 9.95. The number of aliphatic hydroxyl groups is 1. The highest BCUT2D eigenvalue weighted by Gasteiger charge is 2.16. The number of rotatable bonds is 1. The number of fused-ring (bicyclic) bond motifs is 1. The van der Waals surface area contributed by atoms with E-state index in [4.69, 9.17) is 0 Å². The monoisotopic (exact) mass is 189 g/mol. The van der Waals surface area contributed by atoms with Crippen molar-refractivity contribution in [3.05, 3.63) is 35.7 Å². The highest BCUT2D eigenvalue weighted by atomic mass is 16.3. The van der Waals surface area contributed by atoms with Gasteiger partial charge in [0.25, 0.3) is 0 Å². The van der Waals surface area contributed by atoms with Gasteiger partial charge in [-0.25, -0.2) is 0 Å². The van der Waals surface area contributed by atoms with E-state index in [1.807, 2.05) is 6.07 Å². The first-order valence-electron chi connectivity index (χ1n) is 4.99. The minimum absolute atomic E-state index is 0.479. The van der Waals surface area contributed by atoms with Crippen molar-refractivity contribution in [3.63, 3.8) is 0 Å². The molecule has 0 amide bonds. The second-order valence-corrected chi connectivity index (χ2v) is 4.00. The van der Waals surface area contributed by atoms with E-state index in [0.29, 0.717) is 12.3 Å². The number of hydrogen-bond donors (Lipinski definition) is 2. The largest absolute Gasteiger partial charge is 0.374 e. The predicted molar refractivity (Wildman–Crippen MR) is 57.1 cm³/mol. The molecule has 2 rings (SSSR count). The van der Waals surface area contributed by atoms with Crippen LogP contribution >= 0.6 is 0 Å². The van der Waals surface area contributed by atoms with Gasteiger partial charge in [0.05, 0.1) is 0 Å². The Kier molecular flexibility index (Phi) is 2.46. The lowest BCUT2D eigenvalue weighted by Crippen LogP contribution is -2.23. The van der Waals surface area contributed by atoms with Crippen LogP contribution in [0.2, 0.25) is 0 Å². The van der Waals surface area contributed by atoms with Gasteiger partial charge in [0, 0.05) is 18.5 Å². The number of aliphatic hydroxyl groups excluding tert-OH is 1. The minimum atomic E-state index is -0.479. The smallest absolute Gasteiger partial charge is 0.125 e. The van der Waals surface area contributed by atoms with Crippen LogP contribution in [-0.4, -0.2) is 11.3 Å². The molecule has 1 atom stereocenters. The van der Waals surface area contributed by atoms with Crippen LogP contribution in [0.1, 0.15) is 37.3 Å². The third-order valence-electron chi connectivity index (χ3n) is 2.52. The fourth-order valence-corrected chi connectivity index (χ4v) is 1.63. The average Bonchev–Trinajstić information content (AvgIpc) is 2.16. The van der Waals surface area contributed by atoms with E-state index in [2.05, 4.69) is 37.7 Å². The van der Waals surface area contributed by atoms with Gasteiger partial charge in [-0.1, -0.05) is 26.0 Å². The molecule has 0 fully saturated rings. The van der Waals surface area contributed by atoms with Crippen LogP contribution in [0.3, 0.4) is 0 Å². The predicted octanol–water partition coefficient (Wildman–Crippen LogP) is 2.37. The Bertz CT molecular complexity index is 333. The quantitative estimate of drug-likeness (QED) is 0.711. The van der Waals surface area contributed by atoms with Gasteiger partial charge in [-0.3, -0.25) is 0 Å². The summed E-state index contributed by atoms with van der Waals surface area (Å²) < 4.78 is 0. The molecule has 0 saturated carbocycles. The van der Waals surface area contributed by atoms with E-state index >= 15 is 0 Å². The molecule has 0 bridgehead atoms. The first-order chi connectivity index (χ1) is 6.66. The molecular weight excluding hydrogens is 174 g/mol. The van der Waals surface area contributed by atoms with E-state index < -0.39 is 6.23 Å². The third kappa shape index (κ3) is 1.75. The molecule has 1 aliphatic heterocycles. The Balaban J connectivity index is 2.31. The van der Waals surface area contributed by atoms with Crippen molar-refractivity contribution in [2.75, 3.05) is 5.32 Å².